The average molecular weight is 656 g/mol. The molecule has 3 N–H and O–H groups in total. The summed E-state index contributed by atoms with van der Waals surface area (Å²) in [6.07, 6.45) is -0.0789. The van der Waals surface area contributed by atoms with E-state index in [9.17, 15) is 24.9 Å². The van der Waals surface area contributed by atoms with E-state index in [0.717, 1.165) is 0 Å². The van der Waals surface area contributed by atoms with Crippen LogP contribution in [0.15, 0.2) is 12.1 Å². The summed E-state index contributed by atoms with van der Waals surface area (Å²) in [5.74, 6) is -3.72. The van der Waals surface area contributed by atoms with Crippen molar-refractivity contribution in [2.24, 2.45) is 5.92 Å². The van der Waals surface area contributed by atoms with Crippen LogP contribution in [0.1, 0.15) is 51.3 Å². The molecule has 0 spiro atoms. The van der Waals surface area contributed by atoms with Crippen molar-refractivity contribution in [3.05, 3.63) is 60.0 Å². The molecule has 0 saturated heterocycles. The number of Topliss-reactive ketones (excluding diaryl/α,β-unsaturated/α-hetero) is 2. The van der Waals surface area contributed by atoms with Gasteiger partial charge in [-0.2, -0.15) is 0 Å². The molecule has 2 aliphatic rings. The molecule has 42 heavy (non-hydrogen) atoms. The smallest absolute Gasteiger partial charge is 0.206 e. The summed E-state index contributed by atoms with van der Waals surface area (Å²) in [5, 5.41) is 33.2. The molecule has 8 nitrogen and oxygen atoms in total. The summed E-state index contributed by atoms with van der Waals surface area (Å²) in [5.41, 5.74) is -2.89. The van der Waals surface area contributed by atoms with Gasteiger partial charge in [0.1, 0.15) is 28.0 Å². The van der Waals surface area contributed by atoms with Crippen molar-refractivity contribution in [3.8, 4) is 39.9 Å². The molecule has 222 valence electrons. The van der Waals surface area contributed by atoms with Crippen LogP contribution in [0.5, 0.6) is 28.7 Å². The van der Waals surface area contributed by atoms with E-state index in [-0.39, 0.29) is 43.9 Å². The number of ketones is 2. The van der Waals surface area contributed by atoms with Gasteiger partial charge in [-0.3, -0.25) is 9.59 Å². The number of aromatic hydroxyl groups is 2. The number of ether oxygens (including phenoxy) is 3. The van der Waals surface area contributed by atoms with Crippen molar-refractivity contribution >= 4 is 58.0 Å². The van der Waals surface area contributed by atoms with Gasteiger partial charge < -0.3 is 29.5 Å². The van der Waals surface area contributed by atoms with Gasteiger partial charge in [0, 0.05) is 28.7 Å². The van der Waals surface area contributed by atoms with Gasteiger partial charge >= 0.3 is 0 Å². The van der Waals surface area contributed by atoms with Gasteiger partial charge in [-0.15, -0.1) is 0 Å². The lowest BCUT2D eigenvalue weighted by atomic mass is 9.52. The van der Waals surface area contributed by atoms with Gasteiger partial charge in [-0.05, 0) is 41.5 Å². The minimum Gasteiger partial charge on any atom is -0.505 e. The lowest BCUT2D eigenvalue weighted by Gasteiger charge is -2.51. The first-order chi connectivity index (χ1) is 19.6. The number of benzene rings is 3. The highest BCUT2D eigenvalue weighted by Crippen LogP contribution is 2.60. The van der Waals surface area contributed by atoms with E-state index in [4.69, 9.17) is 60.6 Å². The molecule has 2 atom stereocenters. The van der Waals surface area contributed by atoms with Gasteiger partial charge in [0.25, 0.3) is 0 Å². The second kappa shape index (κ2) is 10.1. The summed E-state index contributed by atoms with van der Waals surface area (Å²) in [6.45, 7) is 5.01. The molecular formula is C30H26Cl4O8. The van der Waals surface area contributed by atoms with Crippen molar-refractivity contribution in [2.45, 2.75) is 38.2 Å². The molecule has 0 amide bonds. The van der Waals surface area contributed by atoms with Crippen LogP contribution in [0.4, 0.5) is 0 Å². The maximum Gasteiger partial charge on any atom is 0.206 e. The third kappa shape index (κ3) is 3.78. The van der Waals surface area contributed by atoms with E-state index in [1.807, 2.05) is 0 Å². The van der Waals surface area contributed by atoms with Crippen LogP contribution in [0, 0.1) is 12.8 Å². The molecule has 0 bridgehead atoms. The molecule has 2 aliphatic carbocycles. The Kier molecular flexibility index (Phi) is 7.35. The quantitative estimate of drug-likeness (QED) is 0.258. The molecule has 0 aromatic heterocycles. The first-order valence-corrected chi connectivity index (χ1v) is 14.2. The highest BCUT2D eigenvalue weighted by molar-refractivity contribution is 6.41. The second-order valence-electron chi connectivity index (χ2n) is 10.9. The summed E-state index contributed by atoms with van der Waals surface area (Å²) in [4.78, 5) is 28.8. The zero-order valence-corrected chi connectivity index (χ0v) is 26.4. The summed E-state index contributed by atoms with van der Waals surface area (Å²) >= 11 is 26.0. The number of carbonyl (C=O) groups is 2. The normalized spacial score (nSPS) is 20.5. The fourth-order valence-electron chi connectivity index (χ4n) is 6.46. The lowest BCUT2D eigenvalue weighted by molar-refractivity contribution is -0.0202. The van der Waals surface area contributed by atoms with Crippen molar-refractivity contribution in [1.29, 1.82) is 0 Å². The third-order valence-electron chi connectivity index (χ3n) is 8.59. The fraction of sp³-hybridized carbons (Fsp3) is 0.333. The number of rotatable bonds is 4. The van der Waals surface area contributed by atoms with Gasteiger partial charge in [-0.1, -0.05) is 60.3 Å². The Morgan fingerprint density at radius 3 is 1.88 bits per heavy atom. The average Bonchev–Trinajstić information content (AvgIpc) is 2.95. The molecule has 0 aliphatic heterocycles. The number of halogens is 4. The molecule has 3 aromatic rings. The molecule has 0 radical (unpaired) electrons. The number of hydrogen-bond donors (Lipinski definition) is 3. The molecule has 5 rings (SSSR count). The van der Waals surface area contributed by atoms with Crippen LogP contribution in [0.25, 0.3) is 11.1 Å². The highest BCUT2D eigenvalue weighted by atomic mass is 35.5. The number of methoxy groups -OCH3 is 3. The monoisotopic (exact) mass is 654 g/mol. The minimum absolute atomic E-state index is 0.0368. The van der Waals surface area contributed by atoms with Gasteiger partial charge in [0.05, 0.1) is 42.0 Å². The molecule has 3 aromatic carbocycles. The number of aliphatic hydroxyl groups is 1. The van der Waals surface area contributed by atoms with E-state index in [1.54, 1.807) is 26.8 Å². The van der Waals surface area contributed by atoms with Crippen molar-refractivity contribution in [1.82, 2.24) is 0 Å². The Morgan fingerprint density at radius 2 is 1.31 bits per heavy atom. The third-order valence-corrected chi connectivity index (χ3v) is 10.2. The molecule has 12 heteroatoms. The largest absolute Gasteiger partial charge is 0.505 e. The maximum absolute atomic E-state index is 14.6. The molecule has 0 saturated carbocycles. The van der Waals surface area contributed by atoms with Crippen molar-refractivity contribution in [3.63, 3.8) is 0 Å². The van der Waals surface area contributed by atoms with Crippen LogP contribution in [-0.2, 0) is 11.8 Å². The van der Waals surface area contributed by atoms with E-state index >= 15 is 0 Å². The maximum atomic E-state index is 14.6. The van der Waals surface area contributed by atoms with Crippen LogP contribution in [0.2, 0.25) is 20.1 Å². The summed E-state index contributed by atoms with van der Waals surface area (Å²) in [6, 6.07) is 3.08. The Bertz CT molecular complexity index is 1730. The zero-order chi connectivity index (χ0) is 31.2. The van der Waals surface area contributed by atoms with Crippen LogP contribution < -0.4 is 14.2 Å². The number of carbonyl (C=O) groups excluding carboxylic acids is 2. The van der Waals surface area contributed by atoms with Gasteiger partial charge in [-0.25, -0.2) is 0 Å². The Hall–Kier alpha value is -2.88. The Labute approximate surface area is 261 Å². The van der Waals surface area contributed by atoms with Crippen molar-refractivity contribution < 1.29 is 39.1 Å². The molecule has 0 heterocycles. The minimum atomic E-state index is -2.67. The first-order valence-electron chi connectivity index (χ1n) is 12.7. The van der Waals surface area contributed by atoms with Crippen LogP contribution >= 0.6 is 46.4 Å². The van der Waals surface area contributed by atoms with Gasteiger partial charge in [0.15, 0.2) is 11.4 Å². The molecular weight excluding hydrogens is 630 g/mol. The van der Waals surface area contributed by atoms with Crippen LogP contribution in [-0.4, -0.2) is 53.8 Å². The predicted molar refractivity (Wildman–Crippen MR) is 160 cm³/mol. The van der Waals surface area contributed by atoms with E-state index < -0.39 is 50.6 Å². The number of phenols is 2. The first kappa shape index (κ1) is 30.6. The fourth-order valence-corrected chi connectivity index (χ4v) is 7.66. The Balaban J connectivity index is 1.89. The van der Waals surface area contributed by atoms with Crippen LogP contribution in [0.3, 0.4) is 0 Å². The standard InChI is InChI=1S/C30H26Cl4O8/c1-10-17(13(40-4)9-15(42-6)21(10)31)11-7-14(41-5)22(32)12-8-16-29(2,3)20-19(25(35)24(34)26(36)23(20)33)28(38)30(16,39)27(37)18(11)12/h7,9,16,35-36,39H,8H2,1-6H3/t16-,30+/m0/s1. The van der Waals surface area contributed by atoms with Crippen molar-refractivity contribution in [2.75, 3.05) is 21.3 Å². The molecule has 0 fully saturated rings. The highest BCUT2D eigenvalue weighted by Gasteiger charge is 2.65. The summed E-state index contributed by atoms with van der Waals surface area (Å²) in [7, 11) is 4.31. The van der Waals surface area contributed by atoms with E-state index in [1.165, 1.54) is 27.4 Å². The predicted octanol–water partition coefficient (Wildman–Crippen LogP) is 6.97. The van der Waals surface area contributed by atoms with E-state index in [2.05, 4.69) is 0 Å². The zero-order valence-electron chi connectivity index (χ0n) is 23.3. The number of phenolic OH excluding ortho intramolecular Hbond substituents is 2. The molecule has 0 unspecified atom stereocenters. The number of fused-ring (bicyclic) bond motifs is 3. The van der Waals surface area contributed by atoms with Gasteiger partial charge in [0.2, 0.25) is 11.6 Å². The Morgan fingerprint density at radius 1 is 0.762 bits per heavy atom. The topological polar surface area (TPSA) is 123 Å². The number of hydrogen-bond acceptors (Lipinski definition) is 8. The lowest BCUT2D eigenvalue weighted by Crippen LogP contribution is -2.64. The summed E-state index contributed by atoms with van der Waals surface area (Å²) < 4.78 is 16.6. The second-order valence-corrected chi connectivity index (χ2v) is 12.4. The SMILES string of the molecule is COc1cc(OC)c(-c2cc(OC)c(Cl)c3c2C(=O)[C@@]2(O)C(=O)c4c(O)c(Cl)c(O)c(Cl)c4C(C)(C)[C@@H]2C3)c(C)c1Cl. The van der Waals surface area contributed by atoms with E-state index in [0.29, 0.717) is 28.2 Å².